The molecule has 20 heavy (non-hydrogen) atoms. The van der Waals surface area contributed by atoms with Gasteiger partial charge in [0.1, 0.15) is 0 Å². The second-order valence-electron chi connectivity index (χ2n) is 4.46. The number of hydrogen-bond donors (Lipinski definition) is 1. The van der Waals surface area contributed by atoms with E-state index in [4.69, 9.17) is 11.6 Å². The molecule has 1 aromatic carbocycles. The number of halogens is 4. The van der Waals surface area contributed by atoms with E-state index >= 15 is 0 Å². The molecule has 0 saturated heterocycles. The third-order valence-corrected chi connectivity index (χ3v) is 3.21. The molecule has 0 aliphatic heterocycles. The number of alkyl halides is 3. The molecule has 3 nitrogen and oxygen atoms in total. The van der Waals surface area contributed by atoms with Crippen LogP contribution in [0.4, 0.5) is 18.9 Å². The minimum absolute atomic E-state index is 0.250. The molecule has 0 aliphatic carbocycles. The summed E-state index contributed by atoms with van der Waals surface area (Å²) in [6.07, 6.45) is -2.57. The van der Waals surface area contributed by atoms with Crippen molar-refractivity contribution in [2.45, 2.75) is 19.6 Å². The van der Waals surface area contributed by atoms with Gasteiger partial charge in [0.25, 0.3) is 0 Å². The molecule has 0 amide bonds. The van der Waals surface area contributed by atoms with Crippen LogP contribution in [0.1, 0.15) is 16.8 Å². The number of aromatic nitrogens is 2. The highest BCUT2D eigenvalue weighted by Gasteiger charge is 2.30. The summed E-state index contributed by atoms with van der Waals surface area (Å²) >= 11 is 5.91. The molecule has 0 aliphatic rings. The summed E-state index contributed by atoms with van der Waals surface area (Å²) in [4.78, 5) is 0. The zero-order valence-corrected chi connectivity index (χ0v) is 11.7. The predicted octanol–water partition coefficient (Wildman–Crippen LogP) is 4.01. The Labute approximate surface area is 119 Å². The van der Waals surface area contributed by atoms with Crippen LogP contribution >= 0.6 is 11.6 Å². The summed E-state index contributed by atoms with van der Waals surface area (Å²) in [6.45, 7) is 2.20. The zero-order valence-electron chi connectivity index (χ0n) is 10.9. The van der Waals surface area contributed by atoms with Gasteiger partial charge in [-0.3, -0.25) is 4.68 Å². The topological polar surface area (TPSA) is 29.9 Å². The minimum atomic E-state index is -4.38. The van der Waals surface area contributed by atoms with E-state index in [0.717, 1.165) is 23.4 Å². The van der Waals surface area contributed by atoms with Gasteiger partial charge in [-0.05, 0) is 25.1 Å². The molecule has 108 valence electrons. The molecule has 0 atom stereocenters. The summed E-state index contributed by atoms with van der Waals surface area (Å²) in [5, 5.41) is 7.33. The van der Waals surface area contributed by atoms with E-state index in [0.29, 0.717) is 6.54 Å². The standard InChI is InChI=1S/C13H13ClF3N3/c1-8-9(7-20(2)19-8)6-18-12-5-10(13(15,16)17)3-4-11(12)14/h3-5,7,18H,6H2,1-2H3. The highest BCUT2D eigenvalue weighted by atomic mass is 35.5. The van der Waals surface area contributed by atoms with Crippen LogP contribution in [0.3, 0.4) is 0 Å². The quantitative estimate of drug-likeness (QED) is 0.928. The first-order valence-electron chi connectivity index (χ1n) is 5.87. The number of rotatable bonds is 3. The third-order valence-electron chi connectivity index (χ3n) is 2.88. The Balaban J connectivity index is 2.19. The van der Waals surface area contributed by atoms with Gasteiger partial charge in [-0.2, -0.15) is 18.3 Å². The van der Waals surface area contributed by atoms with Gasteiger partial charge in [0.05, 0.1) is 22.0 Å². The molecule has 0 bridgehead atoms. The Bertz CT molecular complexity index is 620. The number of benzene rings is 1. The Morgan fingerprint density at radius 1 is 1.35 bits per heavy atom. The van der Waals surface area contributed by atoms with E-state index < -0.39 is 11.7 Å². The summed E-state index contributed by atoms with van der Waals surface area (Å²) in [5.41, 5.74) is 1.25. The average molecular weight is 304 g/mol. The van der Waals surface area contributed by atoms with Crippen LogP contribution in [-0.2, 0) is 19.8 Å². The molecule has 2 rings (SSSR count). The number of nitrogens with zero attached hydrogens (tertiary/aromatic N) is 2. The number of nitrogens with one attached hydrogen (secondary N) is 1. The van der Waals surface area contributed by atoms with E-state index in [-0.39, 0.29) is 10.7 Å². The minimum Gasteiger partial charge on any atom is -0.380 e. The lowest BCUT2D eigenvalue weighted by atomic mass is 10.2. The highest BCUT2D eigenvalue weighted by molar-refractivity contribution is 6.33. The normalized spacial score (nSPS) is 11.7. The predicted molar refractivity (Wildman–Crippen MR) is 71.7 cm³/mol. The van der Waals surface area contributed by atoms with Crippen molar-refractivity contribution in [2.24, 2.45) is 7.05 Å². The van der Waals surface area contributed by atoms with Crippen LogP contribution in [-0.4, -0.2) is 9.78 Å². The maximum absolute atomic E-state index is 12.6. The zero-order chi connectivity index (χ0) is 14.9. The fourth-order valence-corrected chi connectivity index (χ4v) is 2.03. The van der Waals surface area contributed by atoms with Gasteiger partial charge in [0.15, 0.2) is 0 Å². The van der Waals surface area contributed by atoms with Crippen molar-refractivity contribution in [3.05, 3.63) is 46.2 Å². The molecule has 0 fully saturated rings. The lowest BCUT2D eigenvalue weighted by Crippen LogP contribution is -2.07. The second kappa shape index (κ2) is 5.36. The van der Waals surface area contributed by atoms with Gasteiger partial charge in [-0.1, -0.05) is 11.6 Å². The van der Waals surface area contributed by atoms with Crippen molar-refractivity contribution in [1.82, 2.24) is 9.78 Å². The largest absolute Gasteiger partial charge is 0.416 e. The summed E-state index contributed by atoms with van der Waals surface area (Å²) in [7, 11) is 1.79. The Kier molecular flexibility index (Phi) is 3.94. The van der Waals surface area contributed by atoms with Crippen molar-refractivity contribution in [3.63, 3.8) is 0 Å². The van der Waals surface area contributed by atoms with E-state index in [9.17, 15) is 13.2 Å². The van der Waals surface area contributed by atoms with E-state index in [1.165, 1.54) is 6.07 Å². The Morgan fingerprint density at radius 2 is 2.05 bits per heavy atom. The fourth-order valence-electron chi connectivity index (χ4n) is 1.85. The molecule has 0 unspecified atom stereocenters. The van der Waals surface area contributed by atoms with Gasteiger partial charge >= 0.3 is 6.18 Å². The second-order valence-corrected chi connectivity index (χ2v) is 4.87. The fraction of sp³-hybridized carbons (Fsp3) is 0.308. The smallest absolute Gasteiger partial charge is 0.380 e. The van der Waals surface area contributed by atoms with E-state index in [2.05, 4.69) is 10.4 Å². The third kappa shape index (κ3) is 3.25. The van der Waals surface area contributed by atoms with E-state index in [1.54, 1.807) is 11.7 Å². The maximum atomic E-state index is 12.6. The van der Waals surface area contributed by atoms with Crippen molar-refractivity contribution in [3.8, 4) is 0 Å². The average Bonchev–Trinajstić information content (AvgIpc) is 2.65. The van der Waals surface area contributed by atoms with Crippen LogP contribution in [0.5, 0.6) is 0 Å². The summed E-state index contributed by atoms with van der Waals surface area (Å²) in [5.74, 6) is 0. The van der Waals surface area contributed by atoms with Gasteiger partial charge < -0.3 is 5.32 Å². The first-order chi connectivity index (χ1) is 9.27. The molecular formula is C13H13ClF3N3. The van der Waals surface area contributed by atoms with Crippen molar-refractivity contribution in [1.29, 1.82) is 0 Å². The Morgan fingerprint density at radius 3 is 2.60 bits per heavy atom. The van der Waals surface area contributed by atoms with Crippen LogP contribution in [0.15, 0.2) is 24.4 Å². The van der Waals surface area contributed by atoms with E-state index in [1.807, 2.05) is 13.1 Å². The van der Waals surface area contributed by atoms with Gasteiger partial charge in [0.2, 0.25) is 0 Å². The van der Waals surface area contributed by atoms with Crippen LogP contribution < -0.4 is 5.32 Å². The number of anilines is 1. The van der Waals surface area contributed by atoms with Gasteiger partial charge in [-0.15, -0.1) is 0 Å². The molecule has 1 N–H and O–H groups in total. The number of aryl methyl sites for hydroxylation is 2. The van der Waals surface area contributed by atoms with Crippen molar-refractivity contribution < 1.29 is 13.2 Å². The lowest BCUT2D eigenvalue weighted by Gasteiger charge is -2.12. The number of hydrogen-bond acceptors (Lipinski definition) is 2. The molecular weight excluding hydrogens is 291 g/mol. The maximum Gasteiger partial charge on any atom is 0.416 e. The highest BCUT2D eigenvalue weighted by Crippen LogP contribution is 2.33. The monoisotopic (exact) mass is 303 g/mol. The lowest BCUT2D eigenvalue weighted by molar-refractivity contribution is -0.137. The van der Waals surface area contributed by atoms with Crippen molar-refractivity contribution in [2.75, 3.05) is 5.32 Å². The van der Waals surface area contributed by atoms with Crippen LogP contribution in [0.2, 0.25) is 5.02 Å². The molecule has 2 aromatic rings. The van der Waals surface area contributed by atoms with Crippen LogP contribution in [0, 0.1) is 6.92 Å². The first-order valence-corrected chi connectivity index (χ1v) is 6.25. The van der Waals surface area contributed by atoms with Gasteiger partial charge in [0, 0.05) is 25.4 Å². The summed E-state index contributed by atoms with van der Waals surface area (Å²) < 4.78 is 39.6. The first kappa shape index (κ1) is 14.7. The SMILES string of the molecule is Cc1nn(C)cc1CNc1cc(C(F)(F)F)ccc1Cl. The molecule has 7 heteroatoms. The van der Waals surface area contributed by atoms with Gasteiger partial charge in [-0.25, -0.2) is 0 Å². The Hall–Kier alpha value is -1.69. The molecule has 0 spiro atoms. The molecule has 1 aromatic heterocycles. The van der Waals surface area contributed by atoms with Crippen molar-refractivity contribution >= 4 is 17.3 Å². The summed E-state index contributed by atoms with van der Waals surface area (Å²) in [6, 6.07) is 3.21. The van der Waals surface area contributed by atoms with Crippen LogP contribution in [0.25, 0.3) is 0 Å². The molecule has 0 radical (unpaired) electrons. The molecule has 0 saturated carbocycles. The molecule has 1 heterocycles.